The number of aromatic nitrogens is 1. The van der Waals surface area contributed by atoms with E-state index in [1.54, 1.807) is 6.92 Å². The van der Waals surface area contributed by atoms with Crippen molar-refractivity contribution in [2.45, 2.75) is 38.4 Å². The molecule has 0 amide bonds. The van der Waals surface area contributed by atoms with Crippen LogP contribution in [0.5, 0.6) is 0 Å². The third-order valence-electron chi connectivity index (χ3n) is 3.92. The van der Waals surface area contributed by atoms with Crippen LogP contribution >= 0.6 is 0 Å². The number of nitrogens with zero attached hydrogens (tertiary/aromatic N) is 1. The molecule has 2 atom stereocenters. The molecule has 1 aliphatic rings. The summed E-state index contributed by atoms with van der Waals surface area (Å²) in [5, 5.41) is 0. The summed E-state index contributed by atoms with van der Waals surface area (Å²) in [6.45, 7) is 1.64. The summed E-state index contributed by atoms with van der Waals surface area (Å²) in [5.74, 6) is -0.557. The molecule has 2 N–H and O–H groups in total. The number of halogens is 3. The SMILES string of the molecule is CC1(C(=O)c2cnccc2C(F)(F)F)CCCC1N. The molecule has 104 valence electrons. The molecular formula is C13H15F3N2O. The Bertz CT molecular complexity index is 501. The van der Waals surface area contributed by atoms with Gasteiger partial charge in [0.15, 0.2) is 5.78 Å². The molecular weight excluding hydrogens is 257 g/mol. The lowest BCUT2D eigenvalue weighted by molar-refractivity contribution is -0.138. The first kappa shape index (κ1) is 14.0. The number of Topliss-reactive ketones (excluding diaryl/α,β-unsaturated/α-hetero) is 1. The van der Waals surface area contributed by atoms with Gasteiger partial charge in [-0.05, 0) is 18.9 Å². The molecule has 6 heteroatoms. The Labute approximate surface area is 109 Å². The predicted octanol–water partition coefficient (Wildman–Crippen LogP) is 2.80. The molecule has 0 spiro atoms. The molecule has 1 heterocycles. The van der Waals surface area contributed by atoms with Crippen molar-refractivity contribution in [1.82, 2.24) is 4.98 Å². The average Bonchev–Trinajstić information content (AvgIpc) is 2.69. The fraction of sp³-hybridized carbons (Fsp3) is 0.538. The molecule has 1 saturated carbocycles. The highest BCUT2D eigenvalue weighted by molar-refractivity contribution is 6.02. The molecule has 19 heavy (non-hydrogen) atoms. The Morgan fingerprint density at radius 2 is 2.21 bits per heavy atom. The van der Waals surface area contributed by atoms with E-state index in [2.05, 4.69) is 4.98 Å². The maximum Gasteiger partial charge on any atom is 0.417 e. The van der Waals surface area contributed by atoms with Crippen molar-refractivity contribution in [2.75, 3.05) is 0 Å². The van der Waals surface area contributed by atoms with Gasteiger partial charge in [-0.3, -0.25) is 9.78 Å². The number of nitrogens with two attached hydrogens (primary N) is 1. The molecule has 1 aliphatic carbocycles. The van der Waals surface area contributed by atoms with Crippen molar-refractivity contribution in [1.29, 1.82) is 0 Å². The van der Waals surface area contributed by atoms with Crippen molar-refractivity contribution in [2.24, 2.45) is 11.1 Å². The smallest absolute Gasteiger partial charge is 0.327 e. The van der Waals surface area contributed by atoms with Gasteiger partial charge in [-0.2, -0.15) is 13.2 Å². The summed E-state index contributed by atoms with van der Waals surface area (Å²) in [4.78, 5) is 16.1. The molecule has 0 aromatic carbocycles. The molecule has 0 radical (unpaired) electrons. The first-order valence-corrected chi connectivity index (χ1v) is 6.08. The second-order valence-corrected chi connectivity index (χ2v) is 5.16. The minimum atomic E-state index is -4.56. The quantitative estimate of drug-likeness (QED) is 0.842. The van der Waals surface area contributed by atoms with Gasteiger partial charge in [0.25, 0.3) is 0 Å². The molecule has 1 aromatic rings. The van der Waals surface area contributed by atoms with Crippen LogP contribution in [0.4, 0.5) is 13.2 Å². The molecule has 0 aliphatic heterocycles. The van der Waals surface area contributed by atoms with Gasteiger partial charge in [0, 0.05) is 29.4 Å². The van der Waals surface area contributed by atoms with E-state index in [9.17, 15) is 18.0 Å². The number of rotatable bonds is 2. The maximum absolute atomic E-state index is 12.9. The zero-order valence-electron chi connectivity index (χ0n) is 10.5. The highest BCUT2D eigenvalue weighted by atomic mass is 19.4. The molecule has 1 fully saturated rings. The van der Waals surface area contributed by atoms with Crippen molar-refractivity contribution in [3.8, 4) is 0 Å². The number of ketones is 1. The van der Waals surface area contributed by atoms with Crippen molar-refractivity contribution < 1.29 is 18.0 Å². The van der Waals surface area contributed by atoms with E-state index in [1.807, 2.05) is 0 Å². The third-order valence-corrected chi connectivity index (χ3v) is 3.92. The van der Waals surface area contributed by atoms with E-state index >= 15 is 0 Å². The largest absolute Gasteiger partial charge is 0.417 e. The Kier molecular flexibility index (Phi) is 3.38. The van der Waals surface area contributed by atoms with Gasteiger partial charge in [-0.25, -0.2) is 0 Å². The second-order valence-electron chi connectivity index (χ2n) is 5.16. The summed E-state index contributed by atoms with van der Waals surface area (Å²) in [6, 6.07) is 0.429. The zero-order chi connectivity index (χ0) is 14.3. The summed E-state index contributed by atoms with van der Waals surface area (Å²) in [5.41, 5.74) is 3.64. The minimum Gasteiger partial charge on any atom is -0.327 e. The van der Waals surface area contributed by atoms with Crippen LogP contribution < -0.4 is 5.73 Å². The summed E-state index contributed by atoms with van der Waals surface area (Å²) >= 11 is 0. The van der Waals surface area contributed by atoms with Crippen molar-refractivity contribution in [3.63, 3.8) is 0 Å². The minimum absolute atomic E-state index is 0.380. The van der Waals surface area contributed by atoms with E-state index in [4.69, 9.17) is 5.73 Å². The Morgan fingerprint density at radius 1 is 1.53 bits per heavy atom. The van der Waals surface area contributed by atoms with E-state index in [0.29, 0.717) is 12.8 Å². The Morgan fingerprint density at radius 3 is 2.74 bits per heavy atom. The highest BCUT2D eigenvalue weighted by Gasteiger charge is 2.46. The van der Waals surface area contributed by atoms with E-state index in [-0.39, 0.29) is 5.56 Å². The zero-order valence-corrected chi connectivity index (χ0v) is 10.5. The molecule has 2 unspecified atom stereocenters. The molecule has 0 bridgehead atoms. The lowest BCUT2D eigenvalue weighted by Crippen LogP contribution is -2.41. The fourth-order valence-corrected chi connectivity index (χ4v) is 2.61. The van der Waals surface area contributed by atoms with Crippen LogP contribution in [0.25, 0.3) is 0 Å². The molecule has 1 aromatic heterocycles. The molecule has 0 saturated heterocycles. The number of hydrogen-bond acceptors (Lipinski definition) is 3. The van der Waals surface area contributed by atoms with Crippen molar-refractivity contribution >= 4 is 5.78 Å². The van der Waals surface area contributed by atoms with Gasteiger partial charge in [-0.1, -0.05) is 13.3 Å². The monoisotopic (exact) mass is 272 g/mol. The predicted molar refractivity (Wildman–Crippen MR) is 63.5 cm³/mol. The number of hydrogen-bond donors (Lipinski definition) is 1. The summed E-state index contributed by atoms with van der Waals surface area (Å²) in [6.07, 6.45) is -0.612. The van der Waals surface area contributed by atoms with Crippen LogP contribution in [-0.4, -0.2) is 16.8 Å². The van der Waals surface area contributed by atoms with Crippen LogP contribution in [-0.2, 0) is 6.18 Å². The topological polar surface area (TPSA) is 56.0 Å². The Hall–Kier alpha value is -1.43. The third kappa shape index (κ3) is 2.36. The van der Waals surface area contributed by atoms with E-state index in [0.717, 1.165) is 24.9 Å². The van der Waals surface area contributed by atoms with Gasteiger partial charge in [0.1, 0.15) is 0 Å². The lowest BCUT2D eigenvalue weighted by atomic mass is 9.77. The van der Waals surface area contributed by atoms with Gasteiger partial charge in [-0.15, -0.1) is 0 Å². The van der Waals surface area contributed by atoms with Crippen molar-refractivity contribution in [3.05, 3.63) is 29.6 Å². The van der Waals surface area contributed by atoms with Gasteiger partial charge in [0.05, 0.1) is 5.56 Å². The summed E-state index contributed by atoms with van der Waals surface area (Å²) < 4.78 is 38.7. The lowest BCUT2D eigenvalue weighted by Gasteiger charge is -2.28. The van der Waals surface area contributed by atoms with Crippen LogP contribution in [0, 0.1) is 5.41 Å². The first-order valence-electron chi connectivity index (χ1n) is 6.08. The summed E-state index contributed by atoms with van der Waals surface area (Å²) in [7, 11) is 0. The van der Waals surface area contributed by atoms with E-state index in [1.165, 1.54) is 0 Å². The van der Waals surface area contributed by atoms with Crippen LogP contribution in [0.15, 0.2) is 18.5 Å². The standard InChI is InChI=1S/C13H15F3N2O/c1-12(5-2-3-10(12)17)11(19)8-7-18-6-4-9(8)13(14,15)16/h4,6-7,10H,2-3,5,17H2,1H3. The number of carbonyl (C=O) groups is 1. The van der Waals surface area contributed by atoms with E-state index < -0.39 is 29.0 Å². The van der Waals surface area contributed by atoms with Gasteiger partial charge >= 0.3 is 6.18 Å². The first-order chi connectivity index (χ1) is 8.77. The number of alkyl halides is 3. The second kappa shape index (κ2) is 4.59. The molecule has 2 rings (SSSR count). The van der Waals surface area contributed by atoms with Crippen LogP contribution in [0.1, 0.15) is 42.1 Å². The van der Waals surface area contributed by atoms with Crippen LogP contribution in [0.2, 0.25) is 0 Å². The van der Waals surface area contributed by atoms with Crippen LogP contribution in [0.3, 0.4) is 0 Å². The fourth-order valence-electron chi connectivity index (χ4n) is 2.61. The van der Waals surface area contributed by atoms with Gasteiger partial charge < -0.3 is 5.73 Å². The normalized spacial score (nSPS) is 27.5. The number of pyridine rings is 1. The number of carbonyl (C=O) groups excluding carboxylic acids is 1. The molecule has 3 nitrogen and oxygen atoms in total. The average molecular weight is 272 g/mol. The maximum atomic E-state index is 12.9. The van der Waals surface area contributed by atoms with Gasteiger partial charge in [0.2, 0.25) is 0 Å². The highest BCUT2D eigenvalue weighted by Crippen LogP contribution is 2.42. The Balaban J connectivity index is 2.46.